The Labute approximate surface area is 160 Å². The van der Waals surface area contributed by atoms with Crippen LogP contribution < -0.4 is 0 Å². The van der Waals surface area contributed by atoms with Crippen molar-refractivity contribution in [1.29, 1.82) is 0 Å². The number of nitro benzene ring substituents is 1. The lowest BCUT2D eigenvalue weighted by atomic mass is 10.1. The monoisotopic (exact) mass is 392 g/mol. The van der Waals surface area contributed by atoms with Crippen molar-refractivity contribution in [1.82, 2.24) is 4.90 Å². The molecule has 1 atom stereocenters. The predicted octanol–water partition coefficient (Wildman–Crippen LogP) is 4.21. The van der Waals surface area contributed by atoms with Crippen molar-refractivity contribution in [3.05, 3.63) is 74.5 Å². The highest BCUT2D eigenvalue weighted by molar-refractivity contribution is 6.32. The molecule has 0 aromatic heterocycles. The molecular formula is C19H18ClFN2O4. The highest BCUT2D eigenvalue weighted by Crippen LogP contribution is 2.26. The number of amides is 1. The van der Waals surface area contributed by atoms with Gasteiger partial charge in [-0.25, -0.2) is 4.39 Å². The highest BCUT2D eigenvalue weighted by atomic mass is 35.5. The number of nitro groups is 1. The van der Waals surface area contributed by atoms with Gasteiger partial charge in [-0.2, -0.15) is 0 Å². The summed E-state index contributed by atoms with van der Waals surface area (Å²) in [4.78, 5) is 24.9. The molecule has 0 bridgehead atoms. The molecule has 1 aliphatic heterocycles. The first-order valence-corrected chi connectivity index (χ1v) is 8.91. The quantitative estimate of drug-likeness (QED) is 0.545. The van der Waals surface area contributed by atoms with Crippen LogP contribution in [-0.2, 0) is 11.3 Å². The van der Waals surface area contributed by atoms with E-state index in [1.807, 2.05) is 0 Å². The number of nitrogens with zero attached hydrogens (tertiary/aromatic N) is 2. The zero-order valence-electron chi connectivity index (χ0n) is 14.4. The molecule has 0 radical (unpaired) electrons. The Kier molecular flexibility index (Phi) is 6.03. The van der Waals surface area contributed by atoms with Gasteiger partial charge in [0.1, 0.15) is 10.8 Å². The maximum absolute atomic E-state index is 14.1. The molecule has 1 aliphatic rings. The van der Waals surface area contributed by atoms with Crippen molar-refractivity contribution in [3.63, 3.8) is 0 Å². The summed E-state index contributed by atoms with van der Waals surface area (Å²) in [6.45, 7) is 0.949. The number of benzene rings is 2. The molecule has 0 spiro atoms. The first-order valence-electron chi connectivity index (χ1n) is 8.54. The van der Waals surface area contributed by atoms with Crippen LogP contribution in [0.3, 0.4) is 0 Å². The van der Waals surface area contributed by atoms with Gasteiger partial charge in [-0.3, -0.25) is 14.9 Å². The van der Waals surface area contributed by atoms with Crippen molar-refractivity contribution in [2.24, 2.45) is 0 Å². The van der Waals surface area contributed by atoms with Crippen molar-refractivity contribution in [2.45, 2.75) is 25.5 Å². The summed E-state index contributed by atoms with van der Waals surface area (Å²) in [5, 5.41) is 11.1. The average Bonchev–Trinajstić information content (AvgIpc) is 3.15. The maximum Gasteiger partial charge on any atom is 0.288 e. The molecular weight excluding hydrogens is 375 g/mol. The van der Waals surface area contributed by atoms with Gasteiger partial charge in [-0.05, 0) is 31.0 Å². The fourth-order valence-electron chi connectivity index (χ4n) is 3.05. The lowest BCUT2D eigenvalue weighted by Crippen LogP contribution is -2.37. The summed E-state index contributed by atoms with van der Waals surface area (Å²) in [6.07, 6.45) is 1.57. The van der Waals surface area contributed by atoms with Gasteiger partial charge in [0.2, 0.25) is 0 Å². The SMILES string of the molecule is O=C(c1ccc(Cl)c([N+](=O)[O-])c1)N(Cc1ccccc1F)CC1CCCO1. The van der Waals surface area contributed by atoms with Gasteiger partial charge in [-0.15, -0.1) is 0 Å². The third-order valence-electron chi connectivity index (χ3n) is 4.44. The second-order valence-electron chi connectivity index (χ2n) is 6.34. The van der Waals surface area contributed by atoms with Gasteiger partial charge < -0.3 is 9.64 Å². The standard InChI is InChI=1S/C19H18ClFN2O4/c20-16-8-7-13(10-18(16)23(25)26)19(24)22(12-15-5-3-9-27-15)11-14-4-1-2-6-17(14)21/h1-2,4,6-8,10,15H,3,5,9,11-12H2. The molecule has 3 rings (SSSR count). The molecule has 0 N–H and O–H groups in total. The summed E-state index contributed by atoms with van der Waals surface area (Å²) in [7, 11) is 0. The minimum atomic E-state index is -0.638. The molecule has 1 fully saturated rings. The van der Waals surface area contributed by atoms with Gasteiger partial charge in [-0.1, -0.05) is 29.8 Å². The summed E-state index contributed by atoms with van der Waals surface area (Å²) in [5.74, 6) is -0.849. The zero-order valence-corrected chi connectivity index (χ0v) is 15.2. The summed E-state index contributed by atoms with van der Waals surface area (Å²) in [5.41, 5.74) is 0.151. The van der Waals surface area contributed by atoms with E-state index in [0.717, 1.165) is 18.9 Å². The Morgan fingerprint density at radius 3 is 2.78 bits per heavy atom. The third kappa shape index (κ3) is 4.61. The van der Waals surface area contributed by atoms with Gasteiger partial charge in [0.05, 0.1) is 11.0 Å². The number of hydrogen-bond donors (Lipinski definition) is 0. The topological polar surface area (TPSA) is 72.7 Å². The number of halogens is 2. The minimum Gasteiger partial charge on any atom is -0.376 e. The van der Waals surface area contributed by atoms with Crippen molar-refractivity contribution in [2.75, 3.05) is 13.2 Å². The number of ether oxygens (including phenoxy) is 1. The number of carbonyl (C=O) groups is 1. The smallest absolute Gasteiger partial charge is 0.288 e. The Morgan fingerprint density at radius 1 is 1.33 bits per heavy atom. The molecule has 1 amide bonds. The summed E-state index contributed by atoms with van der Waals surface area (Å²) >= 11 is 5.83. The largest absolute Gasteiger partial charge is 0.376 e. The van der Waals surface area contributed by atoms with E-state index in [-0.39, 0.29) is 35.5 Å². The van der Waals surface area contributed by atoms with E-state index in [0.29, 0.717) is 12.2 Å². The van der Waals surface area contributed by atoms with Crippen LogP contribution in [0.25, 0.3) is 0 Å². The molecule has 27 heavy (non-hydrogen) atoms. The third-order valence-corrected chi connectivity index (χ3v) is 4.76. The number of carbonyl (C=O) groups excluding carboxylic acids is 1. The Morgan fingerprint density at radius 2 is 2.11 bits per heavy atom. The predicted molar refractivity (Wildman–Crippen MR) is 98.2 cm³/mol. The molecule has 1 saturated heterocycles. The molecule has 8 heteroatoms. The molecule has 1 unspecified atom stereocenters. The molecule has 2 aromatic carbocycles. The first kappa shape index (κ1) is 19.3. The zero-order chi connectivity index (χ0) is 19.4. The van der Waals surface area contributed by atoms with Crippen molar-refractivity contribution in [3.8, 4) is 0 Å². The molecule has 2 aromatic rings. The van der Waals surface area contributed by atoms with E-state index in [1.54, 1.807) is 18.2 Å². The van der Waals surface area contributed by atoms with Crippen LogP contribution in [0.15, 0.2) is 42.5 Å². The van der Waals surface area contributed by atoms with E-state index in [4.69, 9.17) is 16.3 Å². The molecule has 0 saturated carbocycles. The van der Waals surface area contributed by atoms with Crippen molar-refractivity contribution >= 4 is 23.2 Å². The second kappa shape index (κ2) is 8.45. The molecule has 0 aliphatic carbocycles. The van der Waals surface area contributed by atoms with Gasteiger partial charge >= 0.3 is 0 Å². The number of hydrogen-bond acceptors (Lipinski definition) is 4. The van der Waals surface area contributed by atoms with Crippen LogP contribution in [0.1, 0.15) is 28.8 Å². The molecule has 142 valence electrons. The van der Waals surface area contributed by atoms with Gasteiger partial charge in [0, 0.05) is 36.9 Å². The van der Waals surface area contributed by atoms with Gasteiger partial charge in [0.15, 0.2) is 0 Å². The fourth-order valence-corrected chi connectivity index (χ4v) is 3.24. The van der Waals surface area contributed by atoms with Crippen LogP contribution in [0.4, 0.5) is 10.1 Å². The van der Waals surface area contributed by atoms with E-state index < -0.39 is 16.6 Å². The second-order valence-corrected chi connectivity index (χ2v) is 6.74. The normalized spacial score (nSPS) is 16.3. The first-order chi connectivity index (χ1) is 13.0. The lowest BCUT2D eigenvalue weighted by molar-refractivity contribution is -0.384. The summed E-state index contributed by atoms with van der Waals surface area (Å²) < 4.78 is 19.7. The van der Waals surface area contributed by atoms with E-state index in [9.17, 15) is 19.3 Å². The Bertz CT molecular complexity index is 855. The maximum atomic E-state index is 14.1. The van der Waals surface area contributed by atoms with Crippen LogP contribution >= 0.6 is 11.6 Å². The van der Waals surface area contributed by atoms with Crippen LogP contribution in [0.5, 0.6) is 0 Å². The Balaban J connectivity index is 1.89. The molecule has 6 nitrogen and oxygen atoms in total. The van der Waals surface area contributed by atoms with Gasteiger partial charge in [0.25, 0.3) is 11.6 Å². The fraction of sp³-hybridized carbons (Fsp3) is 0.316. The van der Waals surface area contributed by atoms with E-state index >= 15 is 0 Å². The Hall–Kier alpha value is -2.51. The minimum absolute atomic E-state index is 0.0434. The highest BCUT2D eigenvalue weighted by Gasteiger charge is 2.26. The molecule has 1 heterocycles. The van der Waals surface area contributed by atoms with E-state index in [2.05, 4.69) is 0 Å². The lowest BCUT2D eigenvalue weighted by Gasteiger charge is -2.26. The van der Waals surface area contributed by atoms with Crippen LogP contribution in [-0.4, -0.2) is 35.0 Å². The summed E-state index contributed by atoms with van der Waals surface area (Å²) in [6, 6.07) is 10.1. The van der Waals surface area contributed by atoms with E-state index in [1.165, 1.54) is 23.1 Å². The average molecular weight is 393 g/mol. The van der Waals surface area contributed by atoms with Crippen molar-refractivity contribution < 1.29 is 18.8 Å². The van der Waals surface area contributed by atoms with Crippen LogP contribution in [0, 0.1) is 15.9 Å². The van der Waals surface area contributed by atoms with Crippen LogP contribution in [0.2, 0.25) is 5.02 Å². The number of rotatable bonds is 6.